The Morgan fingerprint density at radius 2 is 1.85 bits per heavy atom. The van der Waals surface area contributed by atoms with Crippen molar-refractivity contribution >= 4 is 29.3 Å². The molecule has 2 aromatic rings. The third-order valence-electron chi connectivity index (χ3n) is 4.20. The van der Waals surface area contributed by atoms with Gasteiger partial charge in [0.25, 0.3) is 5.91 Å². The number of hydrogen-bond acceptors (Lipinski definition) is 4. The number of carbonyl (C=O) groups excluding carboxylic acids is 2. The van der Waals surface area contributed by atoms with Crippen molar-refractivity contribution in [1.82, 2.24) is 5.32 Å². The molecule has 0 bridgehead atoms. The molecule has 1 atom stereocenters. The normalized spacial score (nSPS) is 18.2. The Kier molecular flexibility index (Phi) is 5.63. The van der Waals surface area contributed by atoms with Crippen LogP contribution in [0.5, 0.6) is 0 Å². The average Bonchev–Trinajstić information content (AvgIpc) is 2.97. The van der Waals surface area contributed by atoms with E-state index in [-0.39, 0.29) is 16.7 Å². The largest absolute Gasteiger partial charge is 0.347 e. The summed E-state index contributed by atoms with van der Waals surface area (Å²) in [4.78, 5) is 26.8. The van der Waals surface area contributed by atoms with E-state index in [4.69, 9.17) is 0 Å². The van der Waals surface area contributed by atoms with Crippen LogP contribution in [-0.2, 0) is 16.1 Å². The number of amides is 2. The van der Waals surface area contributed by atoms with Gasteiger partial charge in [0.1, 0.15) is 16.7 Å². The molecule has 5 nitrogen and oxygen atoms in total. The van der Waals surface area contributed by atoms with E-state index < -0.39 is 5.91 Å². The van der Waals surface area contributed by atoms with Gasteiger partial charge in [0.2, 0.25) is 5.91 Å². The number of anilines is 1. The summed E-state index contributed by atoms with van der Waals surface area (Å²) in [7, 11) is 0. The summed E-state index contributed by atoms with van der Waals surface area (Å²) < 4.78 is 0. The quantitative estimate of drug-likeness (QED) is 0.654. The van der Waals surface area contributed by atoms with Crippen LogP contribution < -0.4 is 10.2 Å². The summed E-state index contributed by atoms with van der Waals surface area (Å²) in [5.74, 6) is -0.620. The highest BCUT2D eigenvalue weighted by Gasteiger charge is 2.38. The lowest BCUT2D eigenvalue weighted by atomic mass is 10.2. The highest BCUT2D eigenvalue weighted by molar-refractivity contribution is 8.05. The van der Waals surface area contributed by atoms with Gasteiger partial charge in [-0.1, -0.05) is 59.8 Å². The van der Waals surface area contributed by atoms with Crippen molar-refractivity contribution in [3.05, 3.63) is 76.3 Å². The van der Waals surface area contributed by atoms with E-state index in [1.807, 2.05) is 67.6 Å². The molecule has 2 amide bonds. The fraction of sp³-hybridized carbons (Fsp3) is 0.190. The molecule has 2 aromatic carbocycles. The summed E-state index contributed by atoms with van der Waals surface area (Å²) in [6, 6.07) is 18.9. The molecule has 0 spiro atoms. The zero-order valence-corrected chi connectivity index (χ0v) is 15.9. The SMILES string of the molecule is Cc1ccc(N2C(=O)[C@H](C)S/C2=C(/C#N)C(=O)NCc2ccccc2)cc1. The molecule has 1 heterocycles. The Balaban J connectivity index is 1.91. The van der Waals surface area contributed by atoms with Gasteiger partial charge in [-0.15, -0.1) is 0 Å². The fourth-order valence-corrected chi connectivity index (χ4v) is 3.82. The smallest absolute Gasteiger partial charge is 0.264 e. The van der Waals surface area contributed by atoms with Crippen molar-refractivity contribution in [3.8, 4) is 6.07 Å². The Bertz CT molecular complexity index is 930. The molecule has 1 fully saturated rings. The highest BCUT2D eigenvalue weighted by Crippen LogP contribution is 2.40. The van der Waals surface area contributed by atoms with Crippen molar-refractivity contribution in [1.29, 1.82) is 5.26 Å². The Morgan fingerprint density at radius 1 is 1.19 bits per heavy atom. The molecule has 1 N–H and O–H groups in total. The number of nitrogens with zero attached hydrogens (tertiary/aromatic N) is 2. The molecular weight excluding hydrogens is 358 g/mol. The number of carbonyl (C=O) groups is 2. The first kappa shape index (κ1) is 18.7. The topological polar surface area (TPSA) is 73.2 Å². The molecule has 27 heavy (non-hydrogen) atoms. The van der Waals surface area contributed by atoms with E-state index in [0.29, 0.717) is 17.3 Å². The van der Waals surface area contributed by atoms with Crippen molar-refractivity contribution in [2.45, 2.75) is 25.6 Å². The molecule has 6 heteroatoms. The van der Waals surface area contributed by atoms with Gasteiger partial charge in [0.05, 0.1) is 5.25 Å². The Morgan fingerprint density at radius 3 is 2.48 bits per heavy atom. The number of hydrogen-bond donors (Lipinski definition) is 1. The first-order valence-corrected chi connectivity index (χ1v) is 9.43. The molecule has 1 aliphatic heterocycles. The summed E-state index contributed by atoms with van der Waals surface area (Å²) in [5.41, 5.74) is 2.61. The molecule has 0 radical (unpaired) electrons. The van der Waals surface area contributed by atoms with Gasteiger partial charge in [-0.2, -0.15) is 5.26 Å². The summed E-state index contributed by atoms with van der Waals surface area (Å²) in [6.45, 7) is 4.05. The minimum absolute atomic E-state index is 0.0470. The van der Waals surface area contributed by atoms with Crippen LogP contribution in [0.2, 0.25) is 0 Å². The van der Waals surface area contributed by atoms with E-state index >= 15 is 0 Å². The Hall–Kier alpha value is -3.04. The fourth-order valence-electron chi connectivity index (χ4n) is 2.72. The van der Waals surface area contributed by atoms with Gasteiger partial charge in [-0.3, -0.25) is 14.5 Å². The summed E-state index contributed by atoms with van der Waals surface area (Å²) in [5, 5.41) is 12.4. The number of aryl methyl sites for hydroxylation is 1. The van der Waals surface area contributed by atoms with E-state index in [0.717, 1.165) is 11.1 Å². The summed E-state index contributed by atoms with van der Waals surface area (Å²) in [6.07, 6.45) is 0. The minimum Gasteiger partial charge on any atom is -0.347 e. The lowest BCUT2D eigenvalue weighted by molar-refractivity contribution is -0.117. The van der Waals surface area contributed by atoms with Crippen LogP contribution in [0.15, 0.2) is 65.2 Å². The van der Waals surface area contributed by atoms with Crippen LogP contribution >= 0.6 is 11.8 Å². The first-order valence-electron chi connectivity index (χ1n) is 8.55. The maximum Gasteiger partial charge on any atom is 0.264 e. The van der Waals surface area contributed by atoms with Gasteiger partial charge in [-0.05, 0) is 31.5 Å². The van der Waals surface area contributed by atoms with Gasteiger partial charge < -0.3 is 5.32 Å². The van der Waals surface area contributed by atoms with Gasteiger partial charge in [0.15, 0.2) is 0 Å². The summed E-state index contributed by atoms with van der Waals surface area (Å²) >= 11 is 1.24. The molecule has 0 unspecified atom stereocenters. The number of nitriles is 1. The molecule has 0 saturated carbocycles. The molecule has 136 valence electrons. The van der Waals surface area contributed by atoms with Crippen LogP contribution in [0.1, 0.15) is 18.1 Å². The number of thioether (sulfide) groups is 1. The number of nitrogens with one attached hydrogen (secondary N) is 1. The maximum absolute atomic E-state index is 12.7. The number of rotatable bonds is 4. The Labute approximate surface area is 162 Å². The van der Waals surface area contributed by atoms with Crippen LogP contribution in [0.25, 0.3) is 0 Å². The van der Waals surface area contributed by atoms with Crippen LogP contribution in [0.3, 0.4) is 0 Å². The molecule has 1 saturated heterocycles. The van der Waals surface area contributed by atoms with Gasteiger partial charge in [-0.25, -0.2) is 0 Å². The van der Waals surface area contributed by atoms with Gasteiger partial charge >= 0.3 is 0 Å². The van der Waals surface area contributed by atoms with E-state index in [1.165, 1.54) is 16.7 Å². The molecule has 1 aliphatic rings. The second-order valence-corrected chi connectivity index (χ2v) is 7.56. The zero-order valence-electron chi connectivity index (χ0n) is 15.1. The predicted molar refractivity (Wildman–Crippen MR) is 107 cm³/mol. The van der Waals surface area contributed by atoms with Crippen LogP contribution in [0.4, 0.5) is 5.69 Å². The van der Waals surface area contributed by atoms with E-state index in [2.05, 4.69) is 5.32 Å². The van der Waals surface area contributed by atoms with Crippen molar-refractivity contribution in [2.75, 3.05) is 4.90 Å². The van der Waals surface area contributed by atoms with Crippen molar-refractivity contribution in [2.24, 2.45) is 0 Å². The standard InChI is InChI=1S/C21H19N3O2S/c1-14-8-10-17(11-9-14)24-20(26)15(2)27-21(24)18(12-22)19(25)23-13-16-6-4-3-5-7-16/h3-11,15H,13H2,1-2H3,(H,23,25)/b21-18-/t15-/m0/s1. The monoisotopic (exact) mass is 377 g/mol. The molecular formula is C21H19N3O2S. The van der Waals surface area contributed by atoms with Crippen molar-refractivity contribution in [3.63, 3.8) is 0 Å². The lowest BCUT2D eigenvalue weighted by Gasteiger charge is -2.18. The lowest BCUT2D eigenvalue weighted by Crippen LogP contribution is -2.30. The van der Waals surface area contributed by atoms with E-state index in [9.17, 15) is 14.9 Å². The third kappa shape index (κ3) is 4.04. The van der Waals surface area contributed by atoms with E-state index in [1.54, 1.807) is 6.92 Å². The predicted octanol–water partition coefficient (Wildman–Crippen LogP) is 3.51. The first-order chi connectivity index (χ1) is 13.0. The molecule has 0 aliphatic carbocycles. The third-order valence-corrected chi connectivity index (χ3v) is 5.37. The molecule has 0 aromatic heterocycles. The van der Waals surface area contributed by atoms with Crippen LogP contribution in [0, 0.1) is 18.3 Å². The average molecular weight is 377 g/mol. The van der Waals surface area contributed by atoms with Gasteiger partial charge in [0, 0.05) is 12.2 Å². The number of benzene rings is 2. The zero-order chi connectivity index (χ0) is 19.4. The highest BCUT2D eigenvalue weighted by atomic mass is 32.2. The van der Waals surface area contributed by atoms with Crippen molar-refractivity contribution < 1.29 is 9.59 Å². The second kappa shape index (κ2) is 8.11. The molecule has 3 rings (SSSR count). The minimum atomic E-state index is -0.483. The maximum atomic E-state index is 12.7. The van der Waals surface area contributed by atoms with Crippen LogP contribution in [-0.4, -0.2) is 17.1 Å². The second-order valence-electron chi connectivity index (χ2n) is 6.23.